The van der Waals surface area contributed by atoms with E-state index in [-0.39, 0.29) is 0 Å². The zero-order valence-electron chi connectivity index (χ0n) is 11.7. The number of hydrogen-bond acceptors (Lipinski definition) is 7. The first kappa shape index (κ1) is 15.5. The molecule has 1 aliphatic heterocycles. The summed E-state index contributed by atoms with van der Waals surface area (Å²) >= 11 is 1.69. The first-order valence-corrected chi connectivity index (χ1v) is 9.67. The van der Waals surface area contributed by atoms with Crippen molar-refractivity contribution < 1.29 is 8.42 Å². The number of thioether (sulfide) groups is 1. The number of rotatable bonds is 5. The topological polar surface area (TPSA) is 75.2 Å². The number of nitrogens with one attached hydrogen (secondary N) is 1. The van der Waals surface area contributed by atoms with Crippen molar-refractivity contribution in [2.75, 3.05) is 36.2 Å². The van der Waals surface area contributed by atoms with Crippen LogP contribution in [0.2, 0.25) is 0 Å². The van der Waals surface area contributed by atoms with E-state index in [1.54, 1.807) is 24.2 Å². The van der Waals surface area contributed by atoms with Gasteiger partial charge in [-0.15, -0.1) is 0 Å². The van der Waals surface area contributed by atoms with Gasteiger partial charge in [-0.1, -0.05) is 0 Å². The van der Waals surface area contributed by atoms with Crippen LogP contribution in [0.4, 0.5) is 5.82 Å². The summed E-state index contributed by atoms with van der Waals surface area (Å²) in [5.41, 5.74) is 0.798. The Balaban J connectivity index is 2.07. The average molecular weight is 316 g/mol. The SMILES string of the molecule is CCNc1cnc(CN2CCSCC2S(C)(=O)=O)cn1. The Kier molecular flexibility index (Phi) is 5.22. The lowest BCUT2D eigenvalue weighted by Gasteiger charge is -2.33. The number of anilines is 1. The monoisotopic (exact) mass is 316 g/mol. The first-order valence-electron chi connectivity index (χ1n) is 6.56. The van der Waals surface area contributed by atoms with Gasteiger partial charge in [0.05, 0.1) is 18.1 Å². The van der Waals surface area contributed by atoms with Gasteiger partial charge >= 0.3 is 0 Å². The number of aromatic nitrogens is 2. The van der Waals surface area contributed by atoms with E-state index in [0.29, 0.717) is 12.3 Å². The molecule has 0 amide bonds. The summed E-state index contributed by atoms with van der Waals surface area (Å²) in [6.45, 7) is 4.09. The first-order chi connectivity index (χ1) is 9.50. The molecule has 1 aliphatic rings. The highest BCUT2D eigenvalue weighted by Gasteiger charge is 2.31. The molecule has 20 heavy (non-hydrogen) atoms. The molecule has 0 radical (unpaired) electrons. The third-order valence-corrected chi connectivity index (χ3v) is 5.80. The molecule has 0 saturated carbocycles. The maximum absolute atomic E-state index is 11.8. The lowest BCUT2D eigenvalue weighted by molar-refractivity contribution is 0.259. The van der Waals surface area contributed by atoms with Crippen LogP contribution in [0.1, 0.15) is 12.6 Å². The van der Waals surface area contributed by atoms with E-state index in [1.807, 2.05) is 11.8 Å². The second kappa shape index (κ2) is 6.73. The Morgan fingerprint density at radius 3 is 2.85 bits per heavy atom. The predicted molar refractivity (Wildman–Crippen MR) is 82.6 cm³/mol. The highest BCUT2D eigenvalue weighted by atomic mass is 32.2. The minimum atomic E-state index is -3.07. The molecule has 1 N–H and O–H groups in total. The number of sulfone groups is 1. The van der Waals surface area contributed by atoms with Gasteiger partial charge in [-0.25, -0.2) is 13.4 Å². The summed E-state index contributed by atoms with van der Waals surface area (Å²) in [5, 5.41) is 2.67. The molecule has 2 heterocycles. The lowest BCUT2D eigenvalue weighted by Crippen LogP contribution is -2.46. The van der Waals surface area contributed by atoms with Crippen molar-refractivity contribution in [3.8, 4) is 0 Å². The third-order valence-electron chi connectivity index (χ3n) is 3.11. The van der Waals surface area contributed by atoms with Crippen LogP contribution in [-0.2, 0) is 16.4 Å². The molecular weight excluding hydrogens is 296 g/mol. The van der Waals surface area contributed by atoms with Gasteiger partial charge in [-0.05, 0) is 6.92 Å². The van der Waals surface area contributed by atoms with Crippen molar-refractivity contribution in [3.05, 3.63) is 18.1 Å². The fourth-order valence-electron chi connectivity index (χ4n) is 2.11. The minimum Gasteiger partial charge on any atom is -0.369 e. The molecule has 1 aromatic rings. The standard InChI is InChI=1S/C12H20N4O2S2/c1-3-13-11-7-14-10(6-15-11)8-16-4-5-19-9-12(16)20(2,17)18/h6-7,12H,3-5,8-9H2,1-2H3,(H,13,15). The molecule has 2 rings (SSSR count). The van der Waals surface area contributed by atoms with Crippen molar-refractivity contribution >= 4 is 27.4 Å². The van der Waals surface area contributed by atoms with Gasteiger partial charge < -0.3 is 5.32 Å². The fourth-order valence-corrected chi connectivity index (χ4v) is 5.05. The van der Waals surface area contributed by atoms with Gasteiger partial charge in [0.2, 0.25) is 0 Å². The van der Waals surface area contributed by atoms with E-state index in [1.165, 1.54) is 6.26 Å². The summed E-state index contributed by atoms with van der Waals surface area (Å²) in [6.07, 6.45) is 4.70. The quantitative estimate of drug-likeness (QED) is 0.862. The molecule has 1 fully saturated rings. The molecule has 0 aliphatic carbocycles. The molecule has 0 aromatic carbocycles. The number of nitrogens with zero attached hydrogens (tertiary/aromatic N) is 3. The highest BCUT2D eigenvalue weighted by molar-refractivity contribution is 8.00. The smallest absolute Gasteiger partial charge is 0.164 e. The van der Waals surface area contributed by atoms with Gasteiger partial charge in [-0.3, -0.25) is 9.88 Å². The van der Waals surface area contributed by atoms with Crippen molar-refractivity contribution in [2.45, 2.75) is 18.8 Å². The van der Waals surface area contributed by atoms with Crippen LogP contribution in [0.5, 0.6) is 0 Å². The predicted octanol–water partition coefficient (Wildman–Crippen LogP) is 0.828. The minimum absolute atomic E-state index is 0.420. The van der Waals surface area contributed by atoms with Crippen molar-refractivity contribution in [1.82, 2.24) is 14.9 Å². The van der Waals surface area contributed by atoms with E-state index in [9.17, 15) is 8.42 Å². The van der Waals surface area contributed by atoms with Gasteiger partial charge in [0.15, 0.2) is 9.84 Å². The lowest BCUT2D eigenvalue weighted by atomic mass is 10.3. The van der Waals surface area contributed by atoms with Crippen LogP contribution in [0.3, 0.4) is 0 Å². The molecule has 1 unspecified atom stereocenters. The second-order valence-corrected chi connectivity index (χ2v) is 8.11. The highest BCUT2D eigenvalue weighted by Crippen LogP contribution is 2.21. The van der Waals surface area contributed by atoms with Gasteiger partial charge in [0.25, 0.3) is 0 Å². The van der Waals surface area contributed by atoms with E-state index in [0.717, 1.165) is 30.4 Å². The summed E-state index contributed by atoms with van der Waals surface area (Å²) < 4.78 is 23.7. The van der Waals surface area contributed by atoms with Crippen LogP contribution >= 0.6 is 11.8 Å². The van der Waals surface area contributed by atoms with Crippen molar-refractivity contribution in [2.24, 2.45) is 0 Å². The molecule has 1 aromatic heterocycles. The molecule has 8 heteroatoms. The van der Waals surface area contributed by atoms with E-state index >= 15 is 0 Å². The normalized spacial score (nSPS) is 20.8. The van der Waals surface area contributed by atoms with Gasteiger partial charge in [-0.2, -0.15) is 11.8 Å². The molecule has 112 valence electrons. The summed E-state index contributed by atoms with van der Waals surface area (Å²) in [7, 11) is -3.07. The van der Waals surface area contributed by atoms with Crippen LogP contribution < -0.4 is 5.32 Å². The van der Waals surface area contributed by atoms with Crippen LogP contribution in [0, 0.1) is 0 Å². The summed E-state index contributed by atoms with van der Waals surface area (Å²) in [4.78, 5) is 10.6. The summed E-state index contributed by atoms with van der Waals surface area (Å²) in [5.74, 6) is 2.32. The molecular formula is C12H20N4O2S2. The fraction of sp³-hybridized carbons (Fsp3) is 0.667. The van der Waals surface area contributed by atoms with Crippen LogP contribution in [0.15, 0.2) is 12.4 Å². The Hall–Kier alpha value is -0.860. The molecule has 1 atom stereocenters. The number of hydrogen-bond donors (Lipinski definition) is 1. The van der Waals surface area contributed by atoms with Gasteiger partial charge in [0.1, 0.15) is 11.2 Å². The average Bonchev–Trinajstić information content (AvgIpc) is 2.41. The zero-order chi connectivity index (χ0) is 14.6. The summed E-state index contributed by atoms with van der Waals surface area (Å²) in [6, 6.07) is 0. The Morgan fingerprint density at radius 2 is 2.25 bits per heavy atom. The van der Waals surface area contributed by atoms with Crippen molar-refractivity contribution in [1.29, 1.82) is 0 Å². The Morgan fingerprint density at radius 1 is 1.45 bits per heavy atom. The van der Waals surface area contributed by atoms with Crippen molar-refractivity contribution in [3.63, 3.8) is 0 Å². The van der Waals surface area contributed by atoms with E-state index < -0.39 is 15.2 Å². The van der Waals surface area contributed by atoms with E-state index in [4.69, 9.17) is 0 Å². The Labute approximate surface area is 124 Å². The molecule has 6 nitrogen and oxygen atoms in total. The maximum atomic E-state index is 11.8. The maximum Gasteiger partial charge on any atom is 0.164 e. The third kappa shape index (κ3) is 4.07. The largest absolute Gasteiger partial charge is 0.369 e. The molecule has 0 bridgehead atoms. The molecule has 1 saturated heterocycles. The van der Waals surface area contributed by atoms with Gasteiger partial charge in [0, 0.05) is 37.4 Å². The molecule has 0 spiro atoms. The Bertz CT molecular complexity index is 533. The zero-order valence-corrected chi connectivity index (χ0v) is 13.4. The van der Waals surface area contributed by atoms with Crippen LogP contribution in [-0.4, -0.2) is 59.5 Å². The van der Waals surface area contributed by atoms with E-state index in [2.05, 4.69) is 15.3 Å². The van der Waals surface area contributed by atoms with Crippen LogP contribution in [0.25, 0.3) is 0 Å². The second-order valence-electron chi connectivity index (χ2n) is 4.75.